The average molecular weight is 371 g/mol. The number of carboxylic acids is 1. The lowest BCUT2D eigenvalue weighted by atomic mass is 9.96. The van der Waals surface area contributed by atoms with Crippen LogP contribution in [0.4, 0.5) is 19.0 Å². The third kappa shape index (κ3) is 3.02. The lowest BCUT2D eigenvalue weighted by Crippen LogP contribution is -2.36. The van der Waals surface area contributed by atoms with Gasteiger partial charge in [-0.05, 0) is 17.7 Å². The molecule has 1 aromatic heterocycles. The number of methoxy groups -OCH3 is 2. The number of nitrogens with one attached hydrogen (secondary N) is 1. The van der Waals surface area contributed by atoms with Crippen molar-refractivity contribution in [3.8, 4) is 11.5 Å². The van der Waals surface area contributed by atoms with Gasteiger partial charge in [0.2, 0.25) is 0 Å². The van der Waals surface area contributed by atoms with Crippen LogP contribution in [0, 0.1) is 0 Å². The van der Waals surface area contributed by atoms with Crippen LogP contribution in [0.15, 0.2) is 24.4 Å². The maximum absolute atomic E-state index is 13.5. The van der Waals surface area contributed by atoms with Crippen LogP contribution in [-0.2, 0) is 0 Å². The predicted molar refractivity (Wildman–Crippen MR) is 84.8 cm³/mol. The molecule has 0 aliphatic carbocycles. The van der Waals surface area contributed by atoms with E-state index in [-0.39, 0.29) is 17.8 Å². The number of nitrogens with zero attached hydrogens (tertiary/aromatic N) is 2. The fraction of sp³-hybridized carbons (Fsp3) is 0.375. The second-order valence-corrected chi connectivity index (χ2v) is 5.76. The minimum Gasteiger partial charge on any atom is -0.493 e. The van der Waals surface area contributed by atoms with Crippen LogP contribution in [0.1, 0.15) is 34.4 Å². The highest BCUT2D eigenvalue weighted by atomic mass is 19.4. The summed E-state index contributed by atoms with van der Waals surface area (Å²) in [6, 6.07) is 2.05. The zero-order valence-corrected chi connectivity index (χ0v) is 13.9. The van der Waals surface area contributed by atoms with E-state index in [2.05, 4.69) is 10.4 Å². The molecule has 26 heavy (non-hydrogen) atoms. The van der Waals surface area contributed by atoms with Crippen molar-refractivity contribution in [1.82, 2.24) is 9.78 Å². The summed E-state index contributed by atoms with van der Waals surface area (Å²) >= 11 is 0. The molecule has 1 aliphatic heterocycles. The summed E-state index contributed by atoms with van der Waals surface area (Å²) in [7, 11) is 2.87. The molecule has 10 heteroatoms. The quantitative estimate of drug-likeness (QED) is 0.858. The van der Waals surface area contributed by atoms with Crippen molar-refractivity contribution >= 4 is 11.8 Å². The maximum Gasteiger partial charge on any atom is 0.410 e. The van der Waals surface area contributed by atoms with E-state index in [9.17, 15) is 23.1 Å². The van der Waals surface area contributed by atoms with E-state index in [1.807, 2.05) is 0 Å². The average Bonchev–Trinajstić information content (AvgIpc) is 3.03. The van der Waals surface area contributed by atoms with E-state index < -0.39 is 24.2 Å². The summed E-state index contributed by atoms with van der Waals surface area (Å²) in [5.74, 6) is -0.720. The molecule has 7 nitrogen and oxygen atoms in total. The number of ether oxygens (including phenoxy) is 2. The van der Waals surface area contributed by atoms with Gasteiger partial charge in [-0.3, -0.25) is 0 Å². The number of aromatic carboxylic acids is 1. The molecule has 2 N–H and O–H groups in total. The molecule has 0 radical (unpaired) electrons. The summed E-state index contributed by atoms with van der Waals surface area (Å²) in [6.07, 6.45) is -4.00. The molecule has 0 spiro atoms. The van der Waals surface area contributed by atoms with E-state index in [1.54, 1.807) is 18.2 Å². The highest BCUT2D eigenvalue weighted by Gasteiger charge is 2.47. The van der Waals surface area contributed by atoms with Crippen LogP contribution in [0.5, 0.6) is 11.5 Å². The number of hydrogen-bond acceptors (Lipinski definition) is 5. The van der Waals surface area contributed by atoms with Crippen LogP contribution in [-0.4, -0.2) is 41.3 Å². The Morgan fingerprint density at radius 3 is 2.58 bits per heavy atom. The fourth-order valence-electron chi connectivity index (χ4n) is 3.01. The van der Waals surface area contributed by atoms with Crippen molar-refractivity contribution in [2.24, 2.45) is 0 Å². The number of benzene rings is 1. The number of carbonyl (C=O) groups is 1. The monoisotopic (exact) mass is 371 g/mol. The van der Waals surface area contributed by atoms with Gasteiger partial charge in [0.1, 0.15) is 11.4 Å². The first kappa shape index (κ1) is 17.9. The van der Waals surface area contributed by atoms with Gasteiger partial charge in [-0.2, -0.15) is 18.3 Å². The number of rotatable bonds is 4. The Morgan fingerprint density at radius 1 is 1.31 bits per heavy atom. The molecule has 1 aliphatic rings. The van der Waals surface area contributed by atoms with Crippen LogP contribution >= 0.6 is 0 Å². The Hall–Kier alpha value is -2.91. The maximum atomic E-state index is 13.5. The smallest absolute Gasteiger partial charge is 0.410 e. The van der Waals surface area contributed by atoms with Crippen LogP contribution < -0.4 is 14.8 Å². The molecule has 0 bridgehead atoms. The predicted octanol–water partition coefficient (Wildman–Crippen LogP) is 3.26. The number of carboxylic acid groups (broad SMARTS) is 1. The van der Waals surface area contributed by atoms with Gasteiger partial charge in [0.05, 0.1) is 26.5 Å². The number of aromatic nitrogens is 2. The topological polar surface area (TPSA) is 85.6 Å². The molecule has 2 heterocycles. The van der Waals surface area contributed by atoms with Gasteiger partial charge in [-0.25, -0.2) is 9.48 Å². The Bertz CT molecular complexity index is 835. The first-order valence-electron chi connectivity index (χ1n) is 7.62. The summed E-state index contributed by atoms with van der Waals surface area (Å²) < 4.78 is 51.5. The molecule has 140 valence electrons. The number of anilines is 1. The molecule has 1 aromatic carbocycles. The minimum absolute atomic E-state index is 0.175. The molecule has 2 aromatic rings. The Kier molecular flexibility index (Phi) is 4.43. The van der Waals surface area contributed by atoms with Crippen molar-refractivity contribution in [2.45, 2.75) is 24.7 Å². The summed E-state index contributed by atoms with van der Waals surface area (Å²) in [4.78, 5) is 11.3. The molecular weight excluding hydrogens is 355 g/mol. The van der Waals surface area contributed by atoms with Crippen LogP contribution in [0.3, 0.4) is 0 Å². The normalized spacial score (nSPS) is 19.4. The largest absolute Gasteiger partial charge is 0.493 e. The van der Waals surface area contributed by atoms with Gasteiger partial charge in [-0.1, -0.05) is 6.07 Å². The molecule has 3 rings (SSSR count). The lowest BCUT2D eigenvalue weighted by molar-refractivity contribution is -0.173. The van der Waals surface area contributed by atoms with Gasteiger partial charge < -0.3 is 19.9 Å². The third-order valence-corrected chi connectivity index (χ3v) is 4.28. The van der Waals surface area contributed by atoms with E-state index in [4.69, 9.17) is 9.47 Å². The van der Waals surface area contributed by atoms with Crippen molar-refractivity contribution in [1.29, 1.82) is 0 Å². The zero-order valence-electron chi connectivity index (χ0n) is 13.9. The molecule has 0 amide bonds. The Balaban J connectivity index is 2.05. The van der Waals surface area contributed by atoms with E-state index in [0.717, 1.165) is 6.20 Å². The SMILES string of the molecule is COc1ccc(C2CC(C(F)(F)F)n3ncc(C(=O)O)c3N2)cc1OC. The van der Waals surface area contributed by atoms with Crippen molar-refractivity contribution in [2.75, 3.05) is 19.5 Å². The van der Waals surface area contributed by atoms with Crippen molar-refractivity contribution < 1.29 is 32.5 Å². The number of halogens is 3. The Morgan fingerprint density at radius 2 is 2.00 bits per heavy atom. The third-order valence-electron chi connectivity index (χ3n) is 4.28. The van der Waals surface area contributed by atoms with E-state index in [1.165, 1.54) is 14.2 Å². The molecule has 0 fully saturated rings. The zero-order chi connectivity index (χ0) is 19.1. The first-order valence-corrected chi connectivity index (χ1v) is 7.62. The highest BCUT2D eigenvalue weighted by molar-refractivity contribution is 5.93. The van der Waals surface area contributed by atoms with Crippen molar-refractivity contribution in [3.63, 3.8) is 0 Å². The fourth-order valence-corrected chi connectivity index (χ4v) is 3.01. The van der Waals surface area contributed by atoms with Crippen molar-refractivity contribution in [3.05, 3.63) is 35.5 Å². The molecule has 0 saturated carbocycles. The van der Waals surface area contributed by atoms with Gasteiger partial charge in [0, 0.05) is 6.42 Å². The molecule has 2 unspecified atom stereocenters. The minimum atomic E-state index is -4.58. The second-order valence-electron chi connectivity index (χ2n) is 5.76. The number of fused-ring (bicyclic) bond motifs is 1. The van der Waals surface area contributed by atoms with Gasteiger partial charge >= 0.3 is 12.1 Å². The van der Waals surface area contributed by atoms with Gasteiger partial charge in [-0.15, -0.1) is 0 Å². The Labute approximate surface area is 146 Å². The first-order chi connectivity index (χ1) is 12.3. The molecular formula is C16H16F3N3O4. The summed E-state index contributed by atoms with van der Waals surface area (Å²) in [5.41, 5.74) is 0.199. The van der Waals surface area contributed by atoms with Crippen LogP contribution in [0.2, 0.25) is 0 Å². The van der Waals surface area contributed by atoms with E-state index >= 15 is 0 Å². The number of alkyl halides is 3. The standard InChI is InChI=1S/C16H16F3N3O4/c1-25-11-4-3-8(5-12(11)26-2)10-6-13(16(17,18)19)22-14(21-10)9(7-20-22)15(23)24/h3-5,7,10,13,21H,6H2,1-2H3,(H,23,24). The second kappa shape index (κ2) is 6.43. The lowest BCUT2D eigenvalue weighted by Gasteiger charge is -2.34. The number of hydrogen-bond donors (Lipinski definition) is 2. The highest BCUT2D eigenvalue weighted by Crippen LogP contribution is 2.45. The molecule has 0 saturated heterocycles. The summed E-state index contributed by atoms with van der Waals surface area (Å²) in [5, 5.41) is 15.7. The molecule has 2 atom stereocenters. The van der Waals surface area contributed by atoms with Gasteiger partial charge in [0.25, 0.3) is 0 Å². The van der Waals surface area contributed by atoms with Crippen LogP contribution in [0.25, 0.3) is 0 Å². The van der Waals surface area contributed by atoms with Gasteiger partial charge in [0.15, 0.2) is 17.5 Å². The summed E-state index contributed by atoms with van der Waals surface area (Å²) in [6.45, 7) is 0. The van der Waals surface area contributed by atoms with E-state index in [0.29, 0.717) is 21.7 Å².